The Kier molecular flexibility index (Phi) is 13.7. The highest BCUT2D eigenvalue weighted by molar-refractivity contribution is 8.00. The van der Waals surface area contributed by atoms with Gasteiger partial charge in [-0.1, -0.05) is 5.16 Å². The van der Waals surface area contributed by atoms with Crippen molar-refractivity contribution in [2.24, 2.45) is 16.6 Å². The molecule has 53 heavy (non-hydrogen) atoms. The van der Waals surface area contributed by atoms with E-state index < -0.39 is 56.9 Å². The van der Waals surface area contributed by atoms with Crippen molar-refractivity contribution < 1.29 is 61.5 Å². The fraction of sp³-hybridized carbons (Fsp3) is 0.480. The first kappa shape index (κ1) is 42.3. The summed E-state index contributed by atoms with van der Waals surface area (Å²) in [4.78, 5) is 62.2. The summed E-state index contributed by atoms with van der Waals surface area (Å²) in [6, 6.07) is -1.19. The van der Waals surface area contributed by atoms with Crippen LogP contribution in [0.4, 0.5) is 16.6 Å². The van der Waals surface area contributed by atoms with Gasteiger partial charge in [0, 0.05) is 29.4 Å². The maximum atomic E-state index is 13.4. The number of aliphatic carboxylic acids is 2. The van der Waals surface area contributed by atoms with E-state index in [9.17, 15) is 34.5 Å². The van der Waals surface area contributed by atoms with E-state index in [1.54, 1.807) is 10.9 Å². The van der Waals surface area contributed by atoms with Crippen LogP contribution in [0.5, 0.6) is 0 Å². The molecule has 0 bridgehead atoms. The van der Waals surface area contributed by atoms with Crippen LogP contribution in [0.3, 0.4) is 0 Å². The number of rotatable bonds is 15. The lowest BCUT2D eigenvalue weighted by atomic mass is 10.0. The van der Waals surface area contributed by atoms with E-state index in [2.05, 4.69) is 19.8 Å². The van der Waals surface area contributed by atoms with E-state index >= 15 is 0 Å². The van der Waals surface area contributed by atoms with Crippen molar-refractivity contribution in [1.29, 1.82) is 5.41 Å². The van der Waals surface area contributed by atoms with Crippen molar-refractivity contribution >= 4 is 85.8 Å². The van der Waals surface area contributed by atoms with Gasteiger partial charge in [-0.05, 0) is 26.8 Å². The Hall–Kier alpha value is -5.13. The number of nitrogens with one attached hydrogen (secondary N) is 2. The minimum atomic E-state index is -4.92. The van der Waals surface area contributed by atoms with Crippen LogP contribution in [0.25, 0.3) is 0 Å². The fourth-order valence-corrected chi connectivity index (χ4v) is 6.54. The second-order valence-electron chi connectivity index (χ2n) is 11.4. The van der Waals surface area contributed by atoms with Crippen LogP contribution < -0.4 is 37.8 Å². The summed E-state index contributed by atoms with van der Waals surface area (Å²) >= 11 is 1.94. The van der Waals surface area contributed by atoms with E-state index in [0.29, 0.717) is 24.2 Å². The summed E-state index contributed by atoms with van der Waals surface area (Å²) in [5.41, 5.74) is 21.5. The Morgan fingerprint density at radius 1 is 1.30 bits per heavy atom. The normalized spacial score (nSPS) is 17.3. The third-order valence-corrected chi connectivity index (χ3v) is 9.12. The quantitative estimate of drug-likeness (QED) is 0.0155. The second kappa shape index (κ2) is 17.1. The Morgan fingerprint density at radius 2 is 1.94 bits per heavy atom. The second-order valence-corrected chi connectivity index (χ2v) is 14.1. The number of carboxylic acid groups (broad SMARTS) is 2. The molecule has 0 saturated carbocycles. The van der Waals surface area contributed by atoms with Crippen molar-refractivity contribution in [2.45, 2.75) is 50.4 Å². The number of nitrogen functional groups attached to an aromatic ring is 2. The van der Waals surface area contributed by atoms with Crippen LogP contribution in [0.1, 0.15) is 26.1 Å². The lowest BCUT2D eigenvalue weighted by molar-refractivity contribution is -0.767. The molecule has 25 nitrogen and oxygen atoms in total. The molecule has 0 aromatic carbocycles. The van der Waals surface area contributed by atoms with Gasteiger partial charge >= 0.3 is 11.9 Å². The number of nitrogens with two attached hydrogens (primary N) is 4. The summed E-state index contributed by atoms with van der Waals surface area (Å²) in [6.07, 6.45) is 2.07. The van der Waals surface area contributed by atoms with Gasteiger partial charge in [0.25, 0.3) is 11.8 Å². The first-order valence-electron chi connectivity index (χ1n) is 14.9. The number of fused-ring (bicyclic) bond motifs is 1. The van der Waals surface area contributed by atoms with Crippen LogP contribution in [-0.4, -0.2) is 130 Å². The largest absolute Gasteiger partial charge is 0.726 e. The van der Waals surface area contributed by atoms with E-state index in [0.717, 1.165) is 16.4 Å². The molecule has 1 fully saturated rings. The number of anilines is 3. The van der Waals surface area contributed by atoms with Crippen molar-refractivity contribution in [3.8, 4) is 0 Å². The maximum absolute atomic E-state index is 13.4. The van der Waals surface area contributed by atoms with Gasteiger partial charge in [0.05, 0.1) is 6.61 Å². The molecule has 2 aliphatic rings. The van der Waals surface area contributed by atoms with Gasteiger partial charge in [-0.15, -0.1) is 21.1 Å². The van der Waals surface area contributed by atoms with Crippen molar-refractivity contribution in [3.63, 3.8) is 0 Å². The van der Waals surface area contributed by atoms with Gasteiger partial charge in [0.15, 0.2) is 29.1 Å². The molecule has 2 aromatic rings. The van der Waals surface area contributed by atoms with E-state index in [-0.39, 0.29) is 60.4 Å². The Balaban J connectivity index is 0.00000141. The number of hydrogen-bond acceptors (Lipinski definition) is 18. The number of aliphatic hydroxyl groups is 1. The van der Waals surface area contributed by atoms with Crippen LogP contribution in [0.2, 0.25) is 0 Å². The van der Waals surface area contributed by atoms with E-state index in [4.69, 9.17) is 50.7 Å². The lowest BCUT2D eigenvalue weighted by Crippen LogP contribution is -2.71. The zero-order chi connectivity index (χ0) is 40.0. The Morgan fingerprint density at radius 3 is 2.45 bits per heavy atom. The molecular formula is C25H37N13O12S3. The number of carbonyl (C=O) groups is 4. The molecule has 28 heteroatoms. The van der Waals surface area contributed by atoms with Crippen LogP contribution in [0, 0.1) is 5.41 Å². The smallest absolute Gasteiger partial charge is 0.352 e. The third kappa shape index (κ3) is 10.3. The minimum absolute atomic E-state index is 0.0121. The molecule has 0 spiro atoms. The van der Waals surface area contributed by atoms with Crippen LogP contribution in [0.15, 0.2) is 22.6 Å². The summed E-state index contributed by atoms with van der Waals surface area (Å²) in [5.74, 6) is -4.72. The number of oxime groups is 1. The van der Waals surface area contributed by atoms with E-state index in [1.165, 1.54) is 35.2 Å². The number of carboxylic acids is 2. The van der Waals surface area contributed by atoms with Gasteiger partial charge in [0.2, 0.25) is 33.7 Å². The molecule has 0 radical (unpaired) electrons. The standard InChI is InChI=1S/C25H35N13O8S2.H2O4S/c1-25(2,22(44)45)46-33-13(17-32-24(30)48-34-17)18(40)31-14-19(41)38-15(21(42)43)11(10-47-20(14)38)8-35-9-12(16(27)37(35)6-7-39)36(23(28)29)5-3-4-26;1-5(2,3)4/h9,14,20,27,39H,3-8,10,26H2,1-2H3,(H8,28,29,30,31,32,34,40,42,43,44,45);(H2,1,2,3,4)/b33-13-;/t14-,20-;/m1./s1. The summed E-state index contributed by atoms with van der Waals surface area (Å²) in [6.45, 7) is 2.71. The topological polar surface area (TPSA) is 409 Å². The molecule has 14 N–H and O–H groups in total. The van der Waals surface area contributed by atoms with Crippen molar-refractivity contribution in [1.82, 2.24) is 24.3 Å². The van der Waals surface area contributed by atoms with Crippen LogP contribution in [-0.2, 0) is 47.5 Å². The number of guanidine groups is 1. The first-order chi connectivity index (χ1) is 24.6. The highest BCUT2D eigenvalue weighted by Crippen LogP contribution is 2.40. The fourth-order valence-electron chi connectivity index (χ4n) is 4.77. The third-order valence-electron chi connectivity index (χ3n) is 7.24. The summed E-state index contributed by atoms with van der Waals surface area (Å²) in [7, 11) is -4.92. The molecule has 2 atom stereocenters. The maximum Gasteiger partial charge on any atom is 0.352 e. The summed E-state index contributed by atoms with van der Waals surface area (Å²) in [5, 5.41) is 42.6. The molecule has 0 aliphatic carbocycles. The Labute approximate surface area is 308 Å². The molecular weight excluding hydrogens is 771 g/mol. The highest BCUT2D eigenvalue weighted by Gasteiger charge is 2.55. The summed E-state index contributed by atoms with van der Waals surface area (Å²) < 4.78 is 39.8. The molecule has 2 aromatic heterocycles. The predicted molar refractivity (Wildman–Crippen MR) is 185 cm³/mol. The monoisotopic (exact) mass is 807 g/mol. The van der Waals surface area contributed by atoms with Gasteiger partial charge in [-0.25, -0.2) is 18.0 Å². The number of hydrogen-bond donors (Lipinski definition) is 10. The lowest BCUT2D eigenvalue weighted by Gasteiger charge is -2.49. The van der Waals surface area contributed by atoms with Crippen LogP contribution >= 0.6 is 23.3 Å². The van der Waals surface area contributed by atoms with Crippen molar-refractivity contribution in [2.75, 3.05) is 41.8 Å². The molecule has 2 aliphatic heterocycles. The molecule has 1 saturated heterocycles. The average molecular weight is 808 g/mol. The first-order valence-corrected chi connectivity index (χ1v) is 18.1. The zero-order valence-corrected chi connectivity index (χ0v) is 30.4. The molecule has 292 valence electrons. The van der Waals surface area contributed by atoms with Gasteiger partial charge < -0.3 is 57.9 Å². The molecule has 4 heterocycles. The van der Waals surface area contributed by atoms with Gasteiger partial charge in [0.1, 0.15) is 23.7 Å². The highest BCUT2D eigenvalue weighted by atomic mass is 32.3. The average Bonchev–Trinajstić information content (AvgIpc) is 3.61. The van der Waals surface area contributed by atoms with Gasteiger partial charge in [-0.2, -0.15) is 9.36 Å². The minimum Gasteiger partial charge on any atom is -0.726 e. The van der Waals surface area contributed by atoms with Crippen molar-refractivity contribution in [3.05, 3.63) is 23.3 Å². The Bertz CT molecular complexity index is 1920. The molecule has 4 rings (SSSR count). The van der Waals surface area contributed by atoms with Gasteiger partial charge in [-0.3, -0.25) is 24.5 Å². The predicted octanol–water partition coefficient (Wildman–Crippen LogP) is -4.14. The number of amides is 2. The number of aliphatic hydroxyl groups excluding tert-OH is 1. The SMILES string of the molecule is CC(C)(O/N=C(\C(=O)N[C@@H]1C(=O)N2C(C(=O)O)=C(C[n+]3cc(N(CCCN)C(=N)N)c(N)n3CCO)CS[C@H]12)c1nsc(N)n1)C(=O)O.O=S(=O)([O-])O. The zero-order valence-electron chi connectivity index (χ0n) is 27.9. The molecule has 0 unspecified atom stereocenters. The van der Waals surface area contributed by atoms with E-state index in [1.807, 2.05) is 0 Å². The number of nitrogens with zero attached hydrogens (tertiary/aromatic N) is 7. The molecule has 2 amide bonds. The number of β-lactam (4-membered cyclic amide) rings is 1. The number of carbonyl (C=O) groups excluding carboxylic acids is 2. The number of thioether (sulfide) groups is 1. The number of aromatic nitrogens is 4.